The molecule has 0 bridgehead atoms. The van der Waals surface area contributed by atoms with Gasteiger partial charge in [-0.3, -0.25) is 0 Å². The van der Waals surface area contributed by atoms with Crippen LogP contribution in [-0.4, -0.2) is 25.3 Å². The summed E-state index contributed by atoms with van der Waals surface area (Å²) in [5.41, 5.74) is 1.68. The van der Waals surface area contributed by atoms with Crippen LogP contribution >= 0.6 is 0 Å². The van der Waals surface area contributed by atoms with E-state index < -0.39 is 0 Å². The molecule has 0 N–H and O–H groups in total. The molecule has 62 valence electrons. The normalized spacial score (nSPS) is 11.2. The van der Waals surface area contributed by atoms with Gasteiger partial charge in [-0.25, -0.2) is 0 Å². The van der Waals surface area contributed by atoms with Crippen LogP contribution < -0.4 is 0 Å². The molecule has 2 aromatic heterocycles. The minimum atomic E-state index is 0.401. The monoisotopic (exact) mass is 163 g/mol. The zero-order valence-electron chi connectivity index (χ0n) is 6.97. The first-order chi connectivity index (χ1) is 5.77. The predicted octanol–water partition coefficient (Wildman–Crippen LogP) is 0.643. The Labute approximate surface area is 69.4 Å². The zero-order valence-corrected chi connectivity index (χ0v) is 6.97. The van der Waals surface area contributed by atoms with Gasteiger partial charge in [-0.2, -0.15) is 5.10 Å². The van der Waals surface area contributed by atoms with Crippen molar-refractivity contribution in [2.45, 2.75) is 19.8 Å². The SMILES string of the molecule is CC(C)c1ccc2nnnn2n1. The van der Waals surface area contributed by atoms with Crippen molar-refractivity contribution >= 4 is 5.65 Å². The van der Waals surface area contributed by atoms with Crippen molar-refractivity contribution in [1.29, 1.82) is 0 Å². The molecule has 0 saturated heterocycles. The summed E-state index contributed by atoms with van der Waals surface area (Å²) >= 11 is 0. The van der Waals surface area contributed by atoms with Crippen LogP contribution in [0.2, 0.25) is 0 Å². The van der Waals surface area contributed by atoms with Gasteiger partial charge in [-0.1, -0.05) is 13.8 Å². The first kappa shape index (κ1) is 7.15. The van der Waals surface area contributed by atoms with Crippen molar-refractivity contribution < 1.29 is 0 Å². The fraction of sp³-hybridized carbons (Fsp3) is 0.429. The highest BCUT2D eigenvalue weighted by Crippen LogP contribution is 2.09. The fourth-order valence-electron chi connectivity index (χ4n) is 0.971. The smallest absolute Gasteiger partial charge is 0.152 e. The lowest BCUT2D eigenvalue weighted by Crippen LogP contribution is -2.00. The largest absolute Gasteiger partial charge is 0.199 e. The van der Waals surface area contributed by atoms with Gasteiger partial charge in [0.25, 0.3) is 0 Å². The van der Waals surface area contributed by atoms with E-state index >= 15 is 0 Å². The van der Waals surface area contributed by atoms with E-state index in [2.05, 4.69) is 34.5 Å². The Balaban J connectivity index is 2.60. The molecule has 12 heavy (non-hydrogen) atoms. The van der Waals surface area contributed by atoms with Gasteiger partial charge in [0.15, 0.2) is 5.65 Å². The zero-order chi connectivity index (χ0) is 8.55. The van der Waals surface area contributed by atoms with Gasteiger partial charge in [-0.15, -0.1) is 9.73 Å². The predicted molar refractivity (Wildman–Crippen MR) is 42.7 cm³/mol. The van der Waals surface area contributed by atoms with Gasteiger partial charge in [0.05, 0.1) is 5.69 Å². The second-order valence-electron chi connectivity index (χ2n) is 2.94. The molecular weight excluding hydrogens is 154 g/mol. The van der Waals surface area contributed by atoms with Crippen LogP contribution in [0.25, 0.3) is 5.65 Å². The van der Waals surface area contributed by atoms with Gasteiger partial charge in [0.1, 0.15) is 0 Å². The van der Waals surface area contributed by atoms with Crippen molar-refractivity contribution in [2.75, 3.05) is 0 Å². The topological polar surface area (TPSA) is 56.0 Å². The molecule has 0 aliphatic rings. The molecule has 2 rings (SSSR count). The van der Waals surface area contributed by atoms with Gasteiger partial charge < -0.3 is 0 Å². The lowest BCUT2D eigenvalue weighted by Gasteiger charge is -2.01. The van der Waals surface area contributed by atoms with E-state index in [-0.39, 0.29) is 0 Å². The third-order valence-electron chi connectivity index (χ3n) is 1.68. The second-order valence-corrected chi connectivity index (χ2v) is 2.94. The highest BCUT2D eigenvalue weighted by atomic mass is 15.6. The van der Waals surface area contributed by atoms with Gasteiger partial charge >= 0.3 is 0 Å². The Kier molecular flexibility index (Phi) is 1.49. The fourth-order valence-corrected chi connectivity index (χ4v) is 0.971. The molecule has 0 spiro atoms. The number of nitrogens with zero attached hydrogens (tertiary/aromatic N) is 5. The molecular formula is C7H9N5. The summed E-state index contributed by atoms with van der Waals surface area (Å²) in [6, 6.07) is 3.80. The molecule has 0 atom stereocenters. The maximum Gasteiger partial charge on any atom is 0.199 e. The van der Waals surface area contributed by atoms with Gasteiger partial charge in [0, 0.05) is 0 Å². The van der Waals surface area contributed by atoms with Crippen molar-refractivity contribution in [1.82, 2.24) is 25.3 Å². The Morgan fingerprint density at radius 2 is 2.17 bits per heavy atom. The summed E-state index contributed by atoms with van der Waals surface area (Å²) in [4.78, 5) is 0. The number of fused-ring (bicyclic) bond motifs is 1. The molecule has 0 amide bonds. The number of aromatic nitrogens is 5. The molecule has 5 nitrogen and oxygen atoms in total. The summed E-state index contributed by atoms with van der Waals surface area (Å²) in [6.45, 7) is 4.16. The molecule has 0 radical (unpaired) electrons. The standard InChI is InChI=1S/C7H9N5/c1-5(2)6-3-4-7-8-10-11-12(7)9-6/h3-5H,1-2H3. The van der Waals surface area contributed by atoms with Crippen LogP contribution in [0.1, 0.15) is 25.5 Å². The molecule has 5 heteroatoms. The summed E-state index contributed by atoms with van der Waals surface area (Å²) in [7, 11) is 0. The molecule has 0 aliphatic carbocycles. The van der Waals surface area contributed by atoms with Crippen molar-refractivity contribution in [3.8, 4) is 0 Å². The lowest BCUT2D eigenvalue weighted by atomic mass is 10.1. The van der Waals surface area contributed by atoms with E-state index in [1.165, 1.54) is 4.63 Å². The minimum Gasteiger partial charge on any atom is -0.152 e. The van der Waals surface area contributed by atoms with Crippen LogP contribution in [-0.2, 0) is 0 Å². The maximum absolute atomic E-state index is 4.22. The minimum absolute atomic E-state index is 0.401. The maximum atomic E-state index is 4.22. The Morgan fingerprint density at radius 3 is 2.92 bits per heavy atom. The highest BCUT2D eigenvalue weighted by Gasteiger charge is 2.03. The Bertz CT molecular complexity index is 391. The number of hydrogen-bond donors (Lipinski definition) is 0. The molecule has 2 aromatic rings. The van der Waals surface area contributed by atoms with E-state index in [4.69, 9.17) is 0 Å². The van der Waals surface area contributed by atoms with Crippen LogP contribution in [0.3, 0.4) is 0 Å². The number of tetrazole rings is 1. The molecule has 0 aromatic carbocycles. The lowest BCUT2D eigenvalue weighted by molar-refractivity contribution is 0.684. The van der Waals surface area contributed by atoms with E-state index in [0.717, 1.165) is 5.69 Å². The van der Waals surface area contributed by atoms with Gasteiger partial charge in [-0.05, 0) is 28.5 Å². The summed E-state index contributed by atoms with van der Waals surface area (Å²) < 4.78 is 1.44. The third-order valence-corrected chi connectivity index (χ3v) is 1.68. The Morgan fingerprint density at radius 1 is 1.33 bits per heavy atom. The third kappa shape index (κ3) is 1.03. The van der Waals surface area contributed by atoms with Crippen LogP contribution in [0, 0.1) is 0 Å². The molecule has 0 fully saturated rings. The summed E-state index contributed by atoms with van der Waals surface area (Å²) in [6.07, 6.45) is 0. The summed E-state index contributed by atoms with van der Waals surface area (Å²) in [5, 5.41) is 15.2. The van der Waals surface area contributed by atoms with E-state index in [0.29, 0.717) is 11.6 Å². The van der Waals surface area contributed by atoms with Crippen LogP contribution in [0.5, 0.6) is 0 Å². The quantitative estimate of drug-likeness (QED) is 0.619. The molecule has 0 aliphatic heterocycles. The van der Waals surface area contributed by atoms with Crippen molar-refractivity contribution in [2.24, 2.45) is 0 Å². The van der Waals surface area contributed by atoms with Crippen molar-refractivity contribution in [3.05, 3.63) is 17.8 Å². The van der Waals surface area contributed by atoms with Crippen LogP contribution in [0.4, 0.5) is 0 Å². The first-order valence-corrected chi connectivity index (χ1v) is 3.82. The first-order valence-electron chi connectivity index (χ1n) is 3.82. The van der Waals surface area contributed by atoms with E-state index in [1.54, 1.807) is 0 Å². The van der Waals surface area contributed by atoms with E-state index in [9.17, 15) is 0 Å². The van der Waals surface area contributed by atoms with Crippen molar-refractivity contribution in [3.63, 3.8) is 0 Å². The average Bonchev–Trinajstić information content (AvgIpc) is 2.49. The molecule has 0 saturated carbocycles. The number of rotatable bonds is 1. The molecule has 2 heterocycles. The molecule has 0 unspecified atom stereocenters. The average molecular weight is 163 g/mol. The van der Waals surface area contributed by atoms with Gasteiger partial charge in [0.2, 0.25) is 0 Å². The van der Waals surface area contributed by atoms with Crippen LogP contribution in [0.15, 0.2) is 12.1 Å². The van der Waals surface area contributed by atoms with E-state index in [1.807, 2.05) is 12.1 Å². The summed E-state index contributed by atoms with van der Waals surface area (Å²) in [5.74, 6) is 0.401. The Hall–Kier alpha value is -1.52. The highest BCUT2D eigenvalue weighted by molar-refractivity contribution is 5.33. The second kappa shape index (κ2) is 2.51. The number of hydrogen-bond acceptors (Lipinski definition) is 4.